The van der Waals surface area contributed by atoms with Gasteiger partial charge in [-0.3, -0.25) is 0 Å². The van der Waals surface area contributed by atoms with E-state index in [9.17, 15) is 13.5 Å². The molecule has 6 heteroatoms. The number of sulfone groups is 1. The summed E-state index contributed by atoms with van der Waals surface area (Å²) in [5, 5.41) is 9.59. The molecule has 96 valence electrons. The lowest BCUT2D eigenvalue weighted by molar-refractivity contribution is 0.195. The van der Waals surface area contributed by atoms with Crippen LogP contribution in [0.4, 0.5) is 0 Å². The minimum atomic E-state index is -3.43. The summed E-state index contributed by atoms with van der Waals surface area (Å²) in [6, 6.07) is 2.83. The zero-order valence-corrected chi connectivity index (χ0v) is 11.0. The van der Waals surface area contributed by atoms with Crippen LogP contribution in [0.3, 0.4) is 0 Å². The van der Waals surface area contributed by atoms with Crippen molar-refractivity contribution in [2.45, 2.75) is 17.9 Å². The molecule has 0 saturated heterocycles. The molecule has 1 unspecified atom stereocenters. The molecule has 0 saturated carbocycles. The molecule has 0 aromatic heterocycles. The first-order chi connectivity index (χ1) is 7.81. The predicted molar refractivity (Wildman–Crippen MR) is 63.3 cm³/mol. The van der Waals surface area contributed by atoms with Crippen molar-refractivity contribution in [1.29, 1.82) is 0 Å². The molecule has 0 bridgehead atoms. The van der Waals surface area contributed by atoms with Gasteiger partial charge in [0.1, 0.15) is 0 Å². The molecule has 0 radical (unpaired) electrons. The van der Waals surface area contributed by atoms with Gasteiger partial charge >= 0.3 is 0 Å². The van der Waals surface area contributed by atoms with Gasteiger partial charge in [-0.1, -0.05) is 0 Å². The SMILES string of the molecule is COc1cc(C(C)O)c(S(C)(=O)=O)cc1OC. The number of ether oxygens (including phenoxy) is 2. The van der Waals surface area contributed by atoms with E-state index in [0.29, 0.717) is 17.1 Å². The molecule has 1 N–H and O–H groups in total. The summed E-state index contributed by atoms with van der Waals surface area (Å²) in [5.41, 5.74) is 0.296. The van der Waals surface area contributed by atoms with Crippen molar-refractivity contribution >= 4 is 9.84 Å². The maximum Gasteiger partial charge on any atom is 0.176 e. The summed E-state index contributed by atoms with van der Waals surface area (Å²) in [6.07, 6.45) is 0.180. The van der Waals surface area contributed by atoms with E-state index < -0.39 is 15.9 Å². The number of hydrogen-bond donors (Lipinski definition) is 1. The average Bonchev–Trinajstić information content (AvgIpc) is 2.25. The zero-order chi connectivity index (χ0) is 13.2. The van der Waals surface area contributed by atoms with Crippen LogP contribution in [-0.4, -0.2) is 34.0 Å². The summed E-state index contributed by atoms with van der Waals surface area (Å²) in [7, 11) is -0.561. The fourth-order valence-electron chi connectivity index (χ4n) is 1.52. The van der Waals surface area contributed by atoms with Crippen LogP contribution in [0.25, 0.3) is 0 Å². The Morgan fingerprint density at radius 2 is 1.65 bits per heavy atom. The second-order valence-electron chi connectivity index (χ2n) is 3.69. The molecule has 1 aromatic carbocycles. The first-order valence-electron chi connectivity index (χ1n) is 4.95. The van der Waals surface area contributed by atoms with Crippen LogP contribution in [0.15, 0.2) is 17.0 Å². The third kappa shape index (κ3) is 2.89. The van der Waals surface area contributed by atoms with Crippen LogP contribution >= 0.6 is 0 Å². The largest absolute Gasteiger partial charge is 0.493 e. The summed E-state index contributed by atoms with van der Waals surface area (Å²) in [4.78, 5) is 0.0464. The van der Waals surface area contributed by atoms with E-state index in [2.05, 4.69) is 0 Å². The van der Waals surface area contributed by atoms with Crippen molar-refractivity contribution in [2.24, 2.45) is 0 Å². The van der Waals surface area contributed by atoms with Crippen molar-refractivity contribution < 1.29 is 23.0 Å². The van der Waals surface area contributed by atoms with Gasteiger partial charge in [-0.25, -0.2) is 8.42 Å². The van der Waals surface area contributed by atoms with Gasteiger partial charge in [0.05, 0.1) is 25.2 Å². The lowest BCUT2D eigenvalue weighted by Crippen LogP contribution is -2.06. The van der Waals surface area contributed by atoms with E-state index in [1.54, 1.807) is 0 Å². The molecule has 1 aromatic rings. The first-order valence-corrected chi connectivity index (χ1v) is 6.84. The lowest BCUT2D eigenvalue weighted by Gasteiger charge is -2.15. The lowest BCUT2D eigenvalue weighted by atomic mass is 10.1. The third-order valence-electron chi connectivity index (χ3n) is 2.37. The number of hydrogen-bond acceptors (Lipinski definition) is 5. The van der Waals surface area contributed by atoms with Crippen molar-refractivity contribution in [3.8, 4) is 11.5 Å². The Kier molecular flexibility index (Phi) is 4.00. The first kappa shape index (κ1) is 13.8. The van der Waals surface area contributed by atoms with E-state index >= 15 is 0 Å². The van der Waals surface area contributed by atoms with Gasteiger partial charge in [-0.2, -0.15) is 0 Å². The van der Waals surface area contributed by atoms with Crippen LogP contribution in [0, 0.1) is 0 Å². The molecule has 5 nitrogen and oxygen atoms in total. The molecule has 0 aliphatic rings. The minimum Gasteiger partial charge on any atom is -0.493 e. The van der Waals surface area contributed by atoms with Crippen LogP contribution in [0.5, 0.6) is 11.5 Å². The summed E-state index contributed by atoms with van der Waals surface area (Å²) in [6.45, 7) is 1.50. The molecule has 0 aliphatic heterocycles. The van der Waals surface area contributed by atoms with Crippen molar-refractivity contribution in [2.75, 3.05) is 20.5 Å². The number of aliphatic hydroxyl groups excluding tert-OH is 1. The van der Waals surface area contributed by atoms with Crippen molar-refractivity contribution in [3.63, 3.8) is 0 Å². The fraction of sp³-hybridized carbons (Fsp3) is 0.455. The van der Waals surface area contributed by atoms with Crippen LogP contribution in [0.1, 0.15) is 18.6 Å². The molecule has 17 heavy (non-hydrogen) atoms. The van der Waals surface area contributed by atoms with Crippen LogP contribution in [-0.2, 0) is 9.84 Å². The Balaban J connectivity index is 3.58. The highest BCUT2D eigenvalue weighted by Gasteiger charge is 2.20. The minimum absolute atomic E-state index is 0.0464. The molecular formula is C11H16O5S. The summed E-state index contributed by atoms with van der Waals surface area (Å²) in [5.74, 6) is 0.702. The number of methoxy groups -OCH3 is 2. The van der Waals surface area contributed by atoms with Crippen LogP contribution in [0.2, 0.25) is 0 Å². The van der Waals surface area contributed by atoms with Gasteiger partial charge in [-0.15, -0.1) is 0 Å². The molecule has 0 spiro atoms. The summed E-state index contributed by atoms with van der Waals surface area (Å²) < 4.78 is 33.3. The normalized spacial score (nSPS) is 13.2. The number of aliphatic hydroxyl groups is 1. The molecular weight excluding hydrogens is 244 g/mol. The van der Waals surface area contributed by atoms with Crippen molar-refractivity contribution in [3.05, 3.63) is 17.7 Å². The monoisotopic (exact) mass is 260 g/mol. The maximum atomic E-state index is 11.6. The molecule has 1 rings (SSSR count). The zero-order valence-electron chi connectivity index (χ0n) is 10.2. The quantitative estimate of drug-likeness (QED) is 0.879. The van der Waals surface area contributed by atoms with Crippen LogP contribution < -0.4 is 9.47 Å². The van der Waals surface area contributed by atoms with E-state index in [4.69, 9.17) is 9.47 Å². The smallest absolute Gasteiger partial charge is 0.176 e. The maximum absolute atomic E-state index is 11.6. The topological polar surface area (TPSA) is 72.8 Å². The Hall–Kier alpha value is -1.27. The molecule has 0 amide bonds. The molecule has 0 aliphatic carbocycles. The van der Waals surface area contributed by atoms with E-state index in [0.717, 1.165) is 6.26 Å². The fourth-order valence-corrected chi connectivity index (χ4v) is 2.50. The average molecular weight is 260 g/mol. The van der Waals surface area contributed by atoms with Gasteiger partial charge in [-0.05, 0) is 13.0 Å². The highest BCUT2D eigenvalue weighted by Crippen LogP contribution is 2.35. The highest BCUT2D eigenvalue weighted by molar-refractivity contribution is 7.90. The van der Waals surface area contributed by atoms with E-state index in [1.807, 2.05) is 0 Å². The Labute approximate surface area is 101 Å². The highest BCUT2D eigenvalue weighted by atomic mass is 32.2. The molecule has 0 fully saturated rings. The van der Waals surface area contributed by atoms with Gasteiger partial charge in [0.25, 0.3) is 0 Å². The molecule has 0 heterocycles. The Morgan fingerprint density at radius 3 is 2.00 bits per heavy atom. The number of benzene rings is 1. The van der Waals surface area contributed by atoms with Gasteiger partial charge in [0.15, 0.2) is 21.3 Å². The predicted octanol–water partition coefficient (Wildman–Crippen LogP) is 1.16. The third-order valence-corrected chi connectivity index (χ3v) is 3.52. The Bertz CT molecular complexity index is 505. The van der Waals surface area contributed by atoms with Gasteiger partial charge in [0.2, 0.25) is 0 Å². The second-order valence-corrected chi connectivity index (χ2v) is 5.68. The van der Waals surface area contributed by atoms with Gasteiger partial charge in [0, 0.05) is 17.9 Å². The van der Waals surface area contributed by atoms with Crippen molar-refractivity contribution in [1.82, 2.24) is 0 Å². The summed E-state index contributed by atoms with van der Waals surface area (Å²) >= 11 is 0. The van der Waals surface area contributed by atoms with E-state index in [1.165, 1.54) is 33.3 Å². The van der Waals surface area contributed by atoms with E-state index in [-0.39, 0.29) is 4.90 Å². The second kappa shape index (κ2) is 4.93. The Morgan fingerprint density at radius 1 is 1.18 bits per heavy atom. The standard InChI is InChI=1S/C11H16O5S/c1-7(12)8-5-9(15-2)10(16-3)6-11(8)17(4,13)14/h5-7,12H,1-4H3. The van der Waals surface area contributed by atoms with Gasteiger partial charge < -0.3 is 14.6 Å². The molecule has 1 atom stereocenters. The number of rotatable bonds is 4.